The van der Waals surface area contributed by atoms with E-state index >= 15 is 0 Å². The molecule has 3 heterocycles. The van der Waals surface area contributed by atoms with Gasteiger partial charge in [-0.15, -0.1) is 0 Å². The number of benzene rings is 1. The lowest BCUT2D eigenvalue weighted by Gasteiger charge is -2.30. The van der Waals surface area contributed by atoms with E-state index in [4.69, 9.17) is 9.47 Å². The fraction of sp³-hybridized carbons (Fsp3) is 0.474. The number of hydrogen-bond acceptors (Lipinski definition) is 11. The predicted octanol–water partition coefficient (Wildman–Crippen LogP) is 1.29. The van der Waals surface area contributed by atoms with Crippen molar-refractivity contribution < 1.29 is 14.4 Å². The second-order valence-electron chi connectivity index (χ2n) is 7.07. The summed E-state index contributed by atoms with van der Waals surface area (Å²) in [5.74, 6) is 1.48. The first-order valence-corrected chi connectivity index (χ1v) is 10.1. The minimum absolute atomic E-state index is 0.0345. The summed E-state index contributed by atoms with van der Waals surface area (Å²) in [6.45, 7) is 7.12. The van der Waals surface area contributed by atoms with Crippen LogP contribution in [-0.4, -0.2) is 78.2 Å². The molecule has 12 nitrogen and oxygen atoms in total. The average Bonchev–Trinajstić information content (AvgIpc) is 2.83. The summed E-state index contributed by atoms with van der Waals surface area (Å²) in [5.41, 5.74) is 4.36. The molecule has 0 amide bonds. The van der Waals surface area contributed by atoms with Crippen LogP contribution in [-0.2, 0) is 9.47 Å². The van der Waals surface area contributed by atoms with Crippen LogP contribution < -0.4 is 15.2 Å². The van der Waals surface area contributed by atoms with Crippen molar-refractivity contribution in [3.63, 3.8) is 0 Å². The molecule has 1 N–H and O–H groups in total. The zero-order chi connectivity index (χ0) is 21.6. The van der Waals surface area contributed by atoms with Crippen LogP contribution in [0, 0.1) is 10.1 Å². The quantitative estimate of drug-likeness (QED) is 0.408. The van der Waals surface area contributed by atoms with Crippen molar-refractivity contribution in [3.05, 3.63) is 39.9 Å². The van der Waals surface area contributed by atoms with E-state index < -0.39 is 4.92 Å². The Morgan fingerprint density at radius 1 is 0.968 bits per heavy atom. The van der Waals surface area contributed by atoms with Crippen molar-refractivity contribution in [1.82, 2.24) is 15.0 Å². The maximum Gasteiger partial charge on any atom is 0.269 e. The number of hydrogen-bond donors (Lipinski definition) is 1. The Morgan fingerprint density at radius 2 is 1.48 bits per heavy atom. The first kappa shape index (κ1) is 20.9. The van der Waals surface area contributed by atoms with Gasteiger partial charge in [0.25, 0.3) is 5.69 Å². The highest BCUT2D eigenvalue weighted by atomic mass is 16.6. The Balaban J connectivity index is 1.56. The van der Waals surface area contributed by atoms with Crippen LogP contribution in [0.4, 0.5) is 23.5 Å². The van der Waals surface area contributed by atoms with E-state index in [1.807, 2.05) is 0 Å². The van der Waals surface area contributed by atoms with Gasteiger partial charge in [0.1, 0.15) is 0 Å². The summed E-state index contributed by atoms with van der Waals surface area (Å²) in [5, 5.41) is 15.2. The smallest absolute Gasteiger partial charge is 0.269 e. The van der Waals surface area contributed by atoms with Gasteiger partial charge >= 0.3 is 0 Å². The SMILES string of the molecule is C/C(=N/Nc1nc(N2CCOCC2)nc(N2CCOCC2)n1)c1ccc([N+](=O)[O-])cc1. The molecule has 2 aromatic rings. The Kier molecular flexibility index (Phi) is 6.48. The van der Waals surface area contributed by atoms with Gasteiger partial charge in [0.2, 0.25) is 17.8 Å². The molecule has 0 unspecified atom stereocenters. The van der Waals surface area contributed by atoms with Crippen LogP contribution in [0.2, 0.25) is 0 Å². The largest absolute Gasteiger partial charge is 0.378 e. The maximum atomic E-state index is 10.8. The Hall–Kier alpha value is -3.38. The predicted molar refractivity (Wildman–Crippen MR) is 115 cm³/mol. The van der Waals surface area contributed by atoms with Crippen molar-refractivity contribution in [2.45, 2.75) is 6.92 Å². The third-order valence-corrected chi connectivity index (χ3v) is 5.02. The van der Waals surface area contributed by atoms with Crippen LogP contribution in [0.3, 0.4) is 0 Å². The molecular weight excluding hydrogens is 404 g/mol. The normalized spacial score (nSPS) is 17.5. The van der Waals surface area contributed by atoms with Gasteiger partial charge in [0, 0.05) is 38.3 Å². The molecule has 4 rings (SSSR count). The molecule has 0 aliphatic carbocycles. The maximum absolute atomic E-state index is 10.8. The molecule has 164 valence electrons. The summed E-state index contributed by atoms with van der Waals surface area (Å²) >= 11 is 0. The molecule has 2 aliphatic rings. The van der Waals surface area contributed by atoms with Crippen molar-refractivity contribution in [3.8, 4) is 0 Å². The van der Waals surface area contributed by atoms with Crippen LogP contribution >= 0.6 is 0 Å². The molecule has 0 atom stereocenters. The van der Waals surface area contributed by atoms with Gasteiger partial charge in [-0.1, -0.05) is 0 Å². The number of rotatable bonds is 6. The fourth-order valence-corrected chi connectivity index (χ4v) is 3.24. The molecule has 1 aromatic carbocycles. The number of nitro benzene ring substituents is 1. The zero-order valence-electron chi connectivity index (χ0n) is 17.2. The van der Waals surface area contributed by atoms with Crippen molar-refractivity contribution in [1.29, 1.82) is 0 Å². The number of non-ortho nitro benzene ring substituents is 1. The van der Waals surface area contributed by atoms with Crippen LogP contribution in [0.15, 0.2) is 29.4 Å². The molecule has 2 fully saturated rings. The van der Waals surface area contributed by atoms with Gasteiger partial charge in [0.05, 0.1) is 37.1 Å². The number of nitrogens with one attached hydrogen (secondary N) is 1. The second kappa shape index (κ2) is 9.62. The van der Waals surface area contributed by atoms with Gasteiger partial charge in [-0.25, -0.2) is 5.43 Å². The molecule has 12 heteroatoms. The van der Waals surface area contributed by atoms with Gasteiger partial charge in [-0.2, -0.15) is 20.1 Å². The molecule has 2 saturated heterocycles. The molecule has 0 spiro atoms. The van der Waals surface area contributed by atoms with E-state index in [2.05, 4.69) is 35.3 Å². The summed E-state index contributed by atoms with van der Waals surface area (Å²) in [6.07, 6.45) is 0. The minimum atomic E-state index is -0.431. The van der Waals surface area contributed by atoms with Crippen LogP contribution in [0.25, 0.3) is 0 Å². The summed E-state index contributed by atoms with van der Waals surface area (Å²) in [6, 6.07) is 6.21. The number of aromatic nitrogens is 3. The highest BCUT2D eigenvalue weighted by Gasteiger charge is 2.20. The molecule has 31 heavy (non-hydrogen) atoms. The van der Waals surface area contributed by atoms with E-state index in [9.17, 15) is 10.1 Å². The lowest BCUT2D eigenvalue weighted by atomic mass is 10.1. The Bertz CT molecular complexity index is 904. The van der Waals surface area contributed by atoms with E-state index in [-0.39, 0.29) is 5.69 Å². The highest BCUT2D eigenvalue weighted by Crippen LogP contribution is 2.19. The molecule has 0 bridgehead atoms. The summed E-state index contributed by atoms with van der Waals surface area (Å²) < 4.78 is 10.9. The number of anilines is 3. The van der Waals surface area contributed by atoms with E-state index in [0.717, 1.165) is 5.56 Å². The van der Waals surface area contributed by atoms with Crippen LogP contribution in [0.1, 0.15) is 12.5 Å². The number of morpholine rings is 2. The first-order valence-electron chi connectivity index (χ1n) is 10.1. The van der Waals surface area contributed by atoms with Crippen molar-refractivity contribution >= 4 is 29.2 Å². The lowest BCUT2D eigenvalue weighted by molar-refractivity contribution is -0.384. The fourth-order valence-electron chi connectivity index (χ4n) is 3.24. The summed E-state index contributed by atoms with van der Waals surface area (Å²) in [4.78, 5) is 28.3. The van der Waals surface area contributed by atoms with Gasteiger partial charge in [0.15, 0.2) is 0 Å². The van der Waals surface area contributed by atoms with E-state index in [1.165, 1.54) is 12.1 Å². The van der Waals surface area contributed by atoms with Crippen molar-refractivity contribution in [2.24, 2.45) is 5.10 Å². The number of nitrogens with zero attached hydrogens (tertiary/aromatic N) is 7. The second-order valence-corrected chi connectivity index (χ2v) is 7.07. The highest BCUT2D eigenvalue weighted by molar-refractivity contribution is 5.99. The average molecular weight is 428 g/mol. The Morgan fingerprint density at radius 3 is 1.97 bits per heavy atom. The van der Waals surface area contributed by atoms with Gasteiger partial charge in [-0.05, 0) is 24.6 Å². The first-order chi connectivity index (χ1) is 15.1. The zero-order valence-corrected chi connectivity index (χ0v) is 17.2. The minimum Gasteiger partial charge on any atom is -0.378 e. The summed E-state index contributed by atoms with van der Waals surface area (Å²) in [7, 11) is 0. The molecule has 0 saturated carbocycles. The molecule has 0 radical (unpaired) electrons. The molecule has 1 aromatic heterocycles. The number of nitro groups is 1. The van der Waals surface area contributed by atoms with Gasteiger partial charge in [-0.3, -0.25) is 10.1 Å². The number of ether oxygens (including phenoxy) is 2. The van der Waals surface area contributed by atoms with E-state index in [0.29, 0.717) is 76.2 Å². The third-order valence-electron chi connectivity index (χ3n) is 5.02. The third kappa shape index (κ3) is 5.22. The van der Waals surface area contributed by atoms with Crippen molar-refractivity contribution in [2.75, 3.05) is 67.8 Å². The molecule has 2 aliphatic heterocycles. The topological polar surface area (TPSA) is 131 Å². The van der Waals surface area contributed by atoms with E-state index in [1.54, 1.807) is 19.1 Å². The molecular formula is C19H24N8O4. The van der Waals surface area contributed by atoms with Gasteiger partial charge < -0.3 is 19.3 Å². The Labute approximate surface area is 179 Å². The lowest BCUT2D eigenvalue weighted by Crippen LogP contribution is -2.40. The monoisotopic (exact) mass is 428 g/mol. The standard InChI is InChI=1S/C19H24N8O4/c1-14(15-2-4-16(5-3-15)27(28)29)23-24-17-20-18(25-6-10-30-11-7-25)22-19(21-17)26-8-12-31-13-9-26/h2-5H,6-13H2,1H3,(H,20,21,22,24)/b23-14-. The van der Waals surface area contributed by atoms with Crippen LogP contribution in [0.5, 0.6) is 0 Å². The number of hydrazone groups is 1.